The first kappa shape index (κ1) is 48.4. The molecule has 1 aliphatic rings. The van der Waals surface area contributed by atoms with Crippen molar-refractivity contribution in [2.45, 2.75) is 0 Å². The molecule has 0 aromatic carbocycles. The van der Waals surface area contributed by atoms with Gasteiger partial charge in [0.1, 0.15) is 0 Å². The fourth-order valence-electron chi connectivity index (χ4n) is 5.43. The van der Waals surface area contributed by atoms with Gasteiger partial charge in [-0.25, -0.2) is 0 Å². The summed E-state index contributed by atoms with van der Waals surface area (Å²) in [6.45, 7) is -1.72. The highest BCUT2D eigenvalue weighted by molar-refractivity contribution is 5.77. The van der Waals surface area contributed by atoms with Crippen LogP contribution in [0.3, 0.4) is 0 Å². The normalized spacial score (nSPS) is 15.7. The van der Waals surface area contributed by atoms with Crippen LogP contribution >= 0.6 is 0 Å². The minimum absolute atomic E-state index is 0.00901. The monoisotopic (exact) mass is 795 g/mol. The Labute approximate surface area is 316 Å². The van der Waals surface area contributed by atoms with E-state index in [2.05, 4.69) is 11.0 Å². The van der Waals surface area contributed by atoms with Crippen molar-refractivity contribution in [1.82, 2.24) is 45.3 Å². The Bertz CT molecular complexity index is 1230. The van der Waals surface area contributed by atoms with Crippen LogP contribution < -0.4 is 11.0 Å². The number of carboxylic acids is 7. The van der Waals surface area contributed by atoms with Crippen LogP contribution in [-0.4, -0.2) is 262 Å². The van der Waals surface area contributed by atoms with Gasteiger partial charge in [-0.05, 0) is 0 Å². The zero-order valence-electron chi connectivity index (χ0n) is 30.5. The minimum Gasteiger partial charge on any atom is -0.480 e. The van der Waals surface area contributed by atoms with E-state index in [0.717, 1.165) is 4.90 Å². The topological polar surface area (TPSA) is 334 Å². The number of hydrogen-bond acceptors (Lipinski definition) is 17. The van der Waals surface area contributed by atoms with Gasteiger partial charge in [-0.1, -0.05) is 0 Å². The van der Waals surface area contributed by atoms with Gasteiger partial charge >= 0.3 is 41.8 Å². The second-order valence-corrected chi connectivity index (χ2v) is 12.6. The number of carbonyl (C=O) groups is 8. The predicted octanol–water partition coefficient (Wildman–Crippen LogP) is -5.74. The molecule has 55 heavy (non-hydrogen) atoms. The molecular formula is C30H53N9O16. The van der Waals surface area contributed by atoms with Gasteiger partial charge in [0.05, 0.1) is 59.0 Å². The van der Waals surface area contributed by atoms with Crippen LogP contribution in [-0.2, 0) is 43.2 Å². The van der Waals surface area contributed by atoms with Crippen LogP contribution in [0.15, 0.2) is 0 Å². The molecule has 314 valence electrons. The van der Waals surface area contributed by atoms with E-state index in [1.807, 2.05) is 0 Å². The molecule has 9 N–H and O–H groups in total. The molecule has 1 heterocycles. The van der Waals surface area contributed by atoms with Gasteiger partial charge in [-0.3, -0.25) is 82.9 Å². The zero-order chi connectivity index (χ0) is 41.3. The molecule has 0 saturated carbocycles. The smallest absolute Gasteiger partial charge is 0.317 e. The Balaban J connectivity index is 2.77. The maximum Gasteiger partial charge on any atom is 0.317 e. The second kappa shape index (κ2) is 27.1. The lowest BCUT2D eigenvalue weighted by Crippen LogP contribution is -2.51. The second-order valence-electron chi connectivity index (χ2n) is 12.6. The summed E-state index contributed by atoms with van der Waals surface area (Å²) in [6, 6.07) is 0. The molecule has 1 fully saturated rings. The third kappa shape index (κ3) is 25.9. The quantitative estimate of drug-likeness (QED) is 0.0276. The zero-order valence-corrected chi connectivity index (χ0v) is 30.5. The number of aliphatic carboxylic acids is 7. The molecule has 25 heteroatoms. The molecule has 0 bridgehead atoms. The molecule has 1 rings (SSSR count). The number of hydrazine groups is 1. The molecule has 25 nitrogen and oxygen atoms in total. The first-order chi connectivity index (χ1) is 25.9. The van der Waals surface area contributed by atoms with Gasteiger partial charge in [0.25, 0.3) is 0 Å². The highest BCUT2D eigenvalue weighted by Gasteiger charge is 2.22. The van der Waals surface area contributed by atoms with E-state index in [-0.39, 0.29) is 118 Å². The van der Waals surface area contributed by atoms with Gasteiger partial charge in [0, 0.05) is 85.1 Å². The van der Waals surface area contributed by atoms with E-state index < -0.39 is 73.9 Å². The van der Waals surface area contributed by atoms with Crippen LogP contribution in [0, 0.1) is 0 Å². The summed E-state index contributed by atoms with van der Waals surface area (Å²) in [5.41, 5.74) is 4.62. The predicted molar refractivity (Wildman–Crippen MR) is 186 cm³/mol. The summed E-state index contributed by atoms with van der Waals surface area (Å²) in [5.74, 6) is -8.75. The van der Waals surface area contributed by atoms with Crippen molar-refractivity contribution in [1.29, 1.82) is 0 Å². The Morgan fingerprint density at radius 1 is 0.418 bits per heavy atom. The van der Waals surface area contributed by atoms with Crippen molar-refractivity contribution in [2.75, 3.05) is 144 Å². The molecule has 0 aromatic heterocycles. The Hall–Kier alpha value is -4.60. The number of hydrogen-bond donors (Lipinski definition) is 9. The number of carboxylic acid groups (broad SMARTS) is 7. The Kier molecular flexibility index (Phi) is 23.8. The lowest BCUT2D eigenvalue weighted by molar-refractivity contribution is -0.143. The van der Waals surface area contributed by atoms with Crippen molar-refractivity contribution < 1.29 is 78.9 Å². The van der Waals surface area contributed by atoms with Crippen molar-refractivity contribution in [3.05, 3.63) is 0 Å². The van der Waals surface area contributed by atoms with E-state index in [1.165, 1.54) is 9.80 Å². The van der Waals surface area contributed by atoms with Gasteiger partial charge in [0.2, 0.25) is 5.91 Å². The highest BCUT2D eigenvalue weighted by atomic mass is 16.7. The lowest BCUT2D eigenvalue weighted by atomic mass is 10.3. The molecule has 0 radical (unpaired) electrons. The Morgan fingerprint density at radius 3 is 1.04 bits per heavy atom. The van der Waals surface area contributed by atoms with Crippen molar-refractivity contribution in [3.63, 3.8) is 0 Å². The summed E-state index contributed by atoms with van der Waals surface area (Å²) in [7, 11) is 0. The largest absolute Gasteiger partial charge is 0.480 e. The van der Waals surface area contributed by atoms with E-state index in [1.54, 1.807) is 19.6 Å². The molecule has 0 aromatic rings. The van der Waals surface area contributed by atoms with E-state index >= 15 is 0 Å². The molecule has 0 atom stereocenters. The van der Waals surface area contributed by atoms with Crippen molar-refractivity contribution >= 4 is 47.7 Å². The number of rotatable bonds is 27. The molecule has 1 aliphatic heterocycles. The van der Waals surface area contributed by atoms with Gasteiger partial charge in [-0.15, -0.1) is 5.59 Å². The first-order valence-corrected chi connectivity index (χ1v) is 17.2. The SMILES string of the molecule is O=C(O)CN(CCONNC(=O)CN1CCN(CC(=O)O)CCN(CC(=O)O)CCN(CC(=O)O)CC1)CCN(CCN(CC(=O)O)CC(=O)O)CC(=O)O. The number of nitrogens with one attached hydrogen (secondary N) is 2. The van der Waals surface area contributed by atoms with Crippen LogP contribution in [0.2, 0.25) is 0 Å². The molecular weight excluding hydrogens is 742 g/mol. The van der Waals surface area contributed by atoms with Gasteiger partial charge < -0.3 is 35.7 Å². The molecule has 1 amide bonds. The third-order valence-electron chi connectivity index (χ3n) is 8.05. The number of carbonyl (C=O) groups excluding carboxylic acids is 1. The average Bonchev–Trinajstić information content (AvgIpc) is 3.05. The summed E-state index contributed by atoms with van der Waals surface area (Å²) < 4.78 is 0. The fraction of sp³-hybridized carbons (Fsp3) is 0.733. The first-order valence-electron chi connectivity index (χ1n) is 17.2. The van der Waals surface area contributed by atoms with E-state index in [0.29, 0.717) is 0 Å². The third-order valence-corrected chi connectivity index (χ3v) is 8.05. The highest BCUT2D eigenvalue weighted by Crippen LogP contribution is 2.02. The van der Waals surface area contributed by atoms with Gasteiger partial charge in [-0.2, -0.15) is 0 Å². The summed E-state index contributed by atoms with van der Waals surface area (Å²) in [6.07, 6.45) is 0. The standard InChI is InChI=1S/C30H53N9O16/c40-23(15-33-1-3-34(16-24(41)42)5-7-36(18-26(45)46)8-6-35(4-2-33)17-25(43)44)31-32-55-14-13-38(20-28(49)50)10-9-37(19-27(47)48)11-12-39(21-29(51)52)22-30(53)54/h32H,1-22H2,(H,31,40)(H,41,42)(H,43,44)(H,45,46)(H,47,48)(H,49,50)(H,51,52)(H,53,54). The Morgan fingerprint density at radius 2 is 0.709 bits per heavy atom. The van der Waals surface area contributed by atoms with Crippen molar-refractivity contribution in [3.8, 4) is 0 Å². The van der Waals surface area contributed by atoms with Crippen LogP contribution in [0.4, 0.5) is 0 Å². The van der Waals surface area contributed by atoms with Gasteiger partial charge in [0.15, 0.2) is 0 Å². The van der Waals surface area contributed by atoms with Crippen LogP contribution in [0.1, 0.15) is 0 Å². The fourth-order valence-corrected chi connectivity index (χ4v) is 5.43. The lowest BCUT2D eigenvalue weighted by Gasteiger charge is -2.32. The van der Waals surface area contributed by atoms with E-state index in [9.17, 15) is 63.9 Å². The number of amides is 1. The molecule has 0 aliphatic carbocycles. The molecule has 0 unspecified atom stereocenters. The van der Waals surface area contributed by atoms with Crippen molar-refractivity contribution in [2.24, 2.45) is 0 Å². The average molecular weight is 796 g/mol. The summed E-state index contributed by atoms with van der Waals surface area (Å²) >= 11 is 0. The molecule has 0 spiro atoms. The maximum absolute atomic E-state index is 12.8. The maximum atomic E-state index is 12.8. The van der Waals surface area contributed by atoms with E-state index in [4.69, 9.17) is 15.1 Å². The minimum atomic E-state index is -1.26. The summed E-state index contributed by atoms with van der Waals surface area (Å²) in [4.78, 5) is 108. The number of nitrogens with zero attached hydrogens (tertiary/aromatic N) is 7. The van der Waals surface area contributed by atoms with Crippen LogP contribution in [0.25, 0.3) is 0 Å². The summed E-state index contributed by atoms with van der Waals surface area (Å²) in [5, 5.41) is 64.8. The van der Waals surface area contributed by atoms with Crippen LogP contribution in [0.5, 0.6) is 0 Å². The molecule has 1 saturated heterocycles.